The molecular weight excluding hydrogens is 283 g/mol. The first-order valence-electron chi connectivity index (χ1n) is 7.36. The Bertz CT molecular complexity index is 680. The summed E-state index contributed by atoms with van der Waals surface area (Å²) in [6.45, 7) is 4.00. The number of furan rings is 1. The molecule has 1 fully saturated rings. The molecule has 1 aromatic heterocycles. The van der Waals surface area contributed by atoms with Gasteiger partial charge in [-0.2, -0.15) is 0 Å². The third kappa shape index (κ3) is 2.76. The number of nitrogens with two attached hydrogens (primary N) is 1. The minimum absolute atomic E-state index is 0.0119. The van der Waals surface area contributed by atoms with Gasteiger partial charge in [0.05, 0.1) is 0 Å². The number of nitrogens with zero attached hydrogens (tertiary/aromatic N) is 1. The summed E-state index contributed by atoms with van der Waals surface area (Å²) in [7, 11) is 0. The van der Waals surface area contributed by atoms with Crippen molar-refractivity contribution in [3.8, 4) is 11.3 Å². The summed E-state index contributed by atoms with van der Waals surface area (Å²) in [6, 6.07) is 9.39. The van der Waals surface area contributed by atoms with Crippen LogP contribution in [0.1, 0.15) is 23.9 Å². The summed E-state index contributed by atoms with van der Waals surface area (Å²) in [4.78, 5) is 14.3. The minimum Gasteiger partial charge on any atom is -0.451 e. The molecule has 0 aliphatic carbocycles. The lowest BCUT2D eigenvalue weighted by atomic mass is 9.90. The molecule has 0 radical (unpaired) electrons. The molecule has 4 nitrogen and oxygen atoms in total. The Hall–Kier alpha value is -2.14. The van der Waals surface area contributed by atoms with Crippen molar-refractivity contribution in [2.75, 3.05) is 19.6 Å². The van der Waals surface area contributed by atoms with Gasteiger partial charge in [0.15, 0.2) is 5.76 Å². The normalized spacial score (nSPS) is 21.3. The predicted molar refractivity (Wildman–Crippen MR) is 81.8 cm³/mol. The molecule has 2 N–H and O–H groups in total. The van der Waals surface area contributed by atoms with Crippen molar-refractivity contribution in [3.63, 3.8) is 0 Å². The van der Waals surface area contributed by atoms with Crippen LogP contribution in [0, 0.1) is 11.2 Å². The molecular formula is C17H19FN2O2. The van der Waals surface area contributed by atoms with Crippen LogP contribution < -0.4 is 5.73 Å². The van der Waals surface area contributed by atoms with E-state index in [0.29, 0.717) is 31.2 Å². The van der Waals surface area contributed by atoms with Gasteiger partial charge in [0.2, 0.25) is 0 Å². The van der Waals surface area contributed by atoms with Crippen LogP contribution >= 0.6 is 0 Å². The van der Waals surface area contributed by atoms with Crippen LogP contribution in [0.3, 0.4) is 0 Å². The molecule has 0 bridgehead atoms. The van der Waals surface area contributed by atoms with Gasteiger partial charge in [-0.25, -0.2) is 4.39 Å². The van der Waals surface area contributed by atoms with Crippen LogP contribution in [0.5, 0.6) is 0 Å². The molecule has 1 aliphatic heterocycles. The molecule has 1 aliphatic rings. The zero-order chi connectivity index (χ0) is 15.7. The first-order valence-corrected chi connectivity index (χ1v) is 7.36. The van der Waals surface area contributed by atoms with Crippen molar-refractivity contribution in [2.45, 2.75) is 13.3 Å². The number of rotatable bonds is 3. The standard InChI is InChI=1S/C17H19FN2O2/c1-17(10-19)8-9-20(11-17)16(21)15-7-6-14(22-15)12-2-4-13(18)5-3-12/h2-7H,8-11,19H2,1H3. The van der Waals surface area contributed by atoms with Gasteiger partial charge in [0.25, 0.3) is 5.91 Å². The number of likely N-dealkylation sites (tertiary alicyclic amines) is 1. The summed E-state index contributed by atoms with van der Waals surface area (Å²) in [5, 5.41) is 0. The lowest BCUT2D eigenvalue weighted by molar-refractivity contribution is 0.0746. The second kappa shape index (κ2) is 5.57. The summed E-state index contributed by atoms with van der Waals surface area (Å²) >= 11 is 0. The largest absolute Gasteiger partial charge is 0.451 e. The summed E-state index contributed by atoms with van der Waals surface area (Å²) in [5.74, 6) is 0.444. The van der Waals surface area contributed by atoms with E-state index in [1.54, 1.807) is 29.2 Å². The van der Waals surface area contributed by atoms with Gasteiger partial charge in [-0.1, -0.05) is 6.92 Å². The Kier molecular flexibility index (Phi) is 3.74. The maximum absolute atomic E-state index is 12.9. The fourth-order valence-electron chi connectivity index (χ4n) is 2.74. The van der Waals surface area contributed by atoms with Crippen LogP contribution in [-0.2, 0) is 0 Å². The summed E-state index contributed by atoms with van der Waals surface area (Å²) < 4.78 is 18.6. The highest BCUT2D eigenvalue weighted by Gasteiger charge is 2.36. The van der Waals surface area contributed by atoms with Crippen LogP contribution in [0.4, 0.5) is 4.39 Å². The smallest absolute Gasteiger partial charge is 0.289 e. The maximum Gasteiger partial charge on any atom is 0.289 e. The molecule has 3 rings (SSSR count). The molecule has 2 aromatic rings. The molecule has 1 saturated heterocycles. The molecule has 1 aromatic carbocycles. The van der Waals surface area contributed by atoms with E-state index in [1.807, 2.05) is 0 Å². The average Bonchev–Trinajstić information content (AvgIpc) is 3.15. The Balaban J connectivity index is 1.76. The van der Waals surface area contributed by atoms with Gasteiger partial charge < -0.3 is 15.1 Å². The van der Waals surface area contributed by atoms with Gasteiger partial charge in [0.1, 0.15) is 11.6 Å². The first kappa shape index (κ1) is 14.8. The Morgan fingerprint density at radius 1 is 1.32 bits per heavy atom. The fourth-order valence-corrected chi connectivity index (χ4v) is 2.74. The van der Waals surface area contributed by atoms with Gasteiger partial charge in [-0.15, -0.1) is 0 Å². The molecule has 2 heterocycles. The topological polar surface area (TPSA) is 59.5 Å². The van der Waals surface area contributed by atoms with E-state index < -0.39 is 0 Å². The molecule has 0 saturated carbocycles. The van der Waals surface area contributed by atoms with Gasteiger partial charge in [-0.05, 0) is 54.8 Å². The molecule has 22 heavy (non-hydrogen) atoms. The monoisotopic (exact) mass is 302 g/mol. The van der Waals surface area contributed by atoms with Crippen molar-refractivity contribution in [3.05, 3.63) is 48.0 Å². The highest BCUT2D eigenvalue weighted by molar-refractivity contribution is 5.92. The van der Waals surface area contributed by atoms with Crippen LogP contribution in [0.15, 0.2) is 40.8 Å². The number of benzene rings is 1. The van der Waals surface area contributed by atoms with E-state index in [4.69, 9.17) is 10.2 Å². The Morgan fingerprint density at radius 2 is 2.05 bits per heavy atom. The summed E-state index contributed by atoms with van der Waals surface area (Å²) in [6.07, 6.45) is 0.904. The zero-order valence-electron chi connectivity index (χ0n) is 12.5. The van der Waals surface area contributed by atoms with E-state index in [1.165, 1.54) is 12.1 Å². The lowest BCUT2D eigenvalue weighted by Crippen LogP contribution is -2.34. The number of halogens is 1. The third-order valence-corrected chi connectivity index (χ3v) is 4.28. The first-order chi connectivity index (χ1) is 10.5. The van der Waals surface area contributed by atoms with Crippen LogP contribution in [-0.4, -0.2) is 30.4 Å². The maximum atomic E-state index is 12.9. The van der Waals surface area contributed by atoms with Gasteiger partial charge in [0, 0.05) is 18.7 Å². The highest BCUT2D eigenvalue weighted by Crippen LogP contribution is 2.30. The summed E-state index contributed by atoms with van der Waals surface area (Å²) in [5.41, 5.74) is 6.50. The second-order valence-corrected chi connectivity index (χ2v) is 6.16. The van der Waals surface area contributed by atoms with Crippen molar-refractivity contribution in [2.24, 2.45) is 11.1 Å². The Labute approximate surface area is 128 Å². The van der Waals surface area contributed by atoms with E-state index >= 15 is 0 Å². The zero-order valence-corrected chi connectivity index (χ0v) is 12.5. The van der Waals surface area contributed by atoms with Gasteiger partial charge >= 0.3 is 0 Å². The van der Waals surface area contributed by atoms with E-state index in [9.17, 15) is 9.18 Å². The highest BCUT2D eigenvalue weighted by atomic mass is 19.1. The Morgan fingerprint density at radius 3 is 2.68 bits per heavy atom. The predicted octanol–water partition coefficient (Wildman–Crippen LogP) is 2.90. The molecule has 5 heteroatoms. The molecule has 116 valence electrons. The van der Waals surface area contributed by atoms with E-state index in [-0.39, 0.29) is 17.1 Å². The van der Waals surface area contributed by atoms with Crippen molar-refractivity contribution in [1.82, 2.24) is 4.90 Å². The van der Waals surface area contributed by atoms with Gasteiger partial charge in [-0.3, -0.25) is 4.79 Å². The van der Waals surface area contributed by atoms with Crippen LogP contribution in [0.25, 0.3) is 11.3 Å². The average molecular weight is 302 g/mol. The van der Waals surface area contributed by atoms with E-state index in [0.717, 1.165) is 12.0 Å². The molecule has 0 spiro atoms. The van der Waals surface area contributed by atoms with Crippen LogP contribution in [0.2, 0.25) is 0 Å². The third-order valence-electron chi connectivity index (χ3n) is 4.28. The second-order valence-electron chi connectivity index (χ2n) is 6.16. The number of amides is 1. The number of carbonyl (C=O) groups excluding carboxylic acids is 1. The molecule has 1 atom stereocenters. The van der Waals surface area contributed by atoms with E-state index in [2.05, 4.69) is 6.92 Å². The van der Waals surface area contributed by atoms with Crippen molar-refractivity contribution < 1.29 is 13.6 Å². The van der Waals surface area contributed by atoms with Crippen molar-refractivity contribution >= 4 is 5.91 Å². The van der Waals surface area contributed by atoms with Crippen molar-refractivity contribution in [1.29, 1.82) is 0 Å². The number of hydrogen-bond donors (Lipinski definition) is 1. The number of carbonyl (C=O) groups is 1. The lowest BCUT2D eigenvalue weighted by Gasteiger charge is -2.21. The molecule has 1 unspecified atom stereocenters. The number of hydrogen-bond acceptors (Lipinski definition) is 3. The SMILES string of the molecule is CC1(CN)CCN(C(=O)c2ccc(-c3ccc(F)cc3)o2)C1. The minimum atomic E-state index is -0.301. The fraction of sp³-hybridized carbons (Fsp3) is 0.353. The molecule has 1 amide bonds. The quantitative estimate of drug-likeness (QED) is 0.948.